The van der Waals surface area contributed by atoms with Crippen LogP contribution in [0, 0.1) is 6.92 Å². The molecular formula is C13H16O2. The van der Waals surface area contributed by atoms with E-state index in [0.717, 1.165) is 25.4 Å². The Morgan fingerprint density at radius 1 is 1.33 bits per heavy atom. The van der Waals surface area contributed by atoms with Gasteiger partial charge in [0.05, 0.1) is 20.3 Å². The van der Waals surface area contributed by atoms with Crippen LogP contribution < -0.4 is 4.74 Å². The average Bonchev–Trinajstić information content (AvgIpc) is 2.31. The molecule has 0 amide bonds. The molecule has 0 saturated carbocycles. The van der Waals surface area contributed by atoms with Crippen molar-refractivity contribution in [2.45, 2.75) is 13.3 Å². The van der Waals surface area contributed by atoms with Gasteiger partial charge in [-0.1, -0.05) is 18.2 Å². The van der Waals surface area contributed by atoms with Crippen molar-refractivity contribution in [1.82, 2.24) is 0 Å². The van der Waals surface area contributed by atoms with Crippen LogP contribution in [0.2, 0.25) is 0 Å². The van der Waals surface area contributed by atoms with Gasteiger partial charge in [-0.15, -0.1) is 0 Å². The molecule has 1 aromatic carbocycles. The van der Waals surface area contributed by atoms with Gasteiger partial charge in [0, 0.05) is 0 Å². The number of aryl methyl sites for hydroxylation is 1. The van der Waals surface area contributed by atoms with Crippen molar-refractivity contribution in [3.05, 3.63) is 35.4 Å². The zero-order valence-electron chi connectivity index (χ0n) is 9.25. The molecule has 0 saturated heterocycles. The molecule has 0 atom stereocenters. The molecule has 1 aliphatic rings. The summed E-state index contributed by atoms with van der Waals surface area (Å²) < 4.78 is 10.6. The fourth-order valence-electron chi connectivity index (χ4n) is 1.81. The predicted octanol–water partition coefficient (Wildman–Crippen LogP) is 2.81. The Kier molecular flexibility index (Phi) is 3.07. The van der Waals surface area contributed by atoms with E-state index in [9.17, 15) is 0 Å². The third-order valence-corrected chi connectivity index (χ3v) is 2.74. The van der Waals surface area contributed by atoms with E-state index in [1.165, 1.54) is 16.7 Å². The number of ether oxygens (including phenoxy) is 2. The molecule has 0 spiro atoms. The average molecular weight is 204 g/mol. The predicted molar refractivity (Wildman–Crippen MR) is 61.1 cm³/mol. The third-order valence-electron chi connectivity index (χ3n) is 2.74. The molecule has 0 aliphatic carbocycles. The maximum absolute atomic E-state index is 5.32. The van der Waals surface area contributed by atoms with Crippen LogP contribution in [-0.4, -0.2) is 20.3 Å². The van der Waals surface area contributed by atoms with E-state index in [1.54, 1.807) is 7.11 Å². The second-order valence-corrected chi connectivity index (χ2v) is 3.74. The Morgan fingerprint density at radius 3 is 2.87 bits per heavy atom. The zero-order valence-corrected chi connectivity index (χ0v) is 9.25. The lowest BCUT2D eigenvalue weighted by Gasteiger charge is -2.15. The molecule has 1 aromatic rings. The van der Waals surface area contributed by atoms with Crippen molar-refractivity contribution in [3.63, 3.8) is 0 Å². The summed E-state index contributed by atoms with van der Waals surface area (Å²) in [5, 5.41) is 0. The number of benzene rings is 1. The van der Waals surface area contributed by atoms with Crippen molar-refractivity contribution >= 4 is 5.57 Å². The molecule has 0 fully saturated rings. The normalized spacial score (nSPS) is 16.0. The molecule has 2 nitrogen and oxygen atoms in total. The van der Waals surface area contributed by atoms with Crippen molar-refractivity contribution in [3.8, 4) is 5.75 Å². The van der Waals surface area contributed by atoms with E-state index in [4.69, 9.17) is 9.47 Å². The number of methoxy groups -OCH3 is 1. The van der Waals surface area contributed by atoms with Crippen LogP contribution in [0.5, 0.6) is 5.75 Å². The highest BCUT2D eigenvalue weighted by Crippen LogP contribution is 2.26. The van der Waals surface area contributed by atoms with Crippen molar-refractivity contribution < 1.29 is 9.47 Å². The minimum absolute atomic E-state index is 0.728. The largest absolute Gasteiger partial charge is 0.496 e. The van der Waals surface area contributed by atoms with Gasteiger partial charge in [-0.25, -0.2) is 0 Å². The highest BCUT2D eigenvalue weighted by molar-refractivity contribution is 5.68. The summed E-state index contributed by atoms with van der Waals surface area (Å²) in [4.78, 5) is 0. The minimum atomic E-state index is 0.728. The van der Waals surface area contributed by atoms with Crippen LogP contribution in [0.4, 0.5) is 0 Å². The molecule has 0 aromatic heterocycles. The van der Waals surface area contributed by atoms with Crippen molar-refractivity contribution in [2.24, 2.45) is 0 Å². The maximum Gasteiger partial charge on any atom is 0.122 e. The molecule has 0 N–H and O–H groups in total. The summed E-state index contributed by atoms with van der Waals surface area (Å²) >= 11 is 0. The van der Waals surface area contributed by atoms with Gasteiger partial charge in [0.25, 0.3) is 0 Å². The van der Waals surface area contributed by atoms with Crippen LogP contribution in [0.1, 0.15) is 17.5 Å². The minimum Gasteiger partial charge on any atom is -0.496 e. The first-order chi connectivity index (χ1) is 7.31. The lowest BCUT2D eigenvalue weighted by atomic mass is 10.00. The summed E-state index contributed by atoms with van der Waals surface area (Å²) in [6.45, 7) is 3.61. The first kappa shape index (κ1) is 10.2. The fraction of sp³-hybridized carbons (Fsp3) is 0.385. The second-order valence-electron chi connectivity index (χ2n) is 3.74. The van der Waals surface area contributed by atoms with Gasteiger partial charge >= 0.3 is 0 Å². The Hall–Kier alpha value is -1.28. The molecular weight excluding hydrogens is 188 g/mol. The molecule has 80 valence electrons. The molecule has 0 bridgehead atoms. The topological polar surface area (TPSA) is 18.5 Å². The van der Waals surface area contributed by atoms with Gasteiger partial charge in [-0.3, -0.25) is 0 Å². The Labute approximate surface area is 90.5 Å². The van der Waals surface area contributed by atoms with E-state index in [-0.39, 0.29) is 0 Å². The second kappa shape index (κ2) is 4.49. The van der Waals surface area contributed by atoms with Gasteiger partial charge in [-0.2, -0.15) is 0 Å². The lowest BCUT2D eigenvalue weighted by Crippen LogP contribution is -2.03. The fourth-order valence-corrected chi connectivity index (χ4v) is 1.81. The van der Waals surface area contributed by atoms with E-state index >= 15 is 0 Å². The molecule has 2 heteroatoms. The molecule has 1 aliphatic heterocycles. The van der Waals surface area contributed by atoms with Crippen LogP contribution >= 0.6 is 0 Å². The van der Waals surface area contributed by atoms with Gasteiger partial charge in [-0.05, 0) is 36.1 Å². The van der Waals surface area contributed by atoms with Crippen LogP contribution in [0.25, 0.3) is 5.57 Å². The molecule has 2 rings (SSSR count). The summed E-state index contributed by atoms with van der Waals surface area (Å²) in [5.41, 5.74) is 3.79. The van der Waals surface area contributed by atoms with E-state index in [2.05, 4.69) is 31.2 Å². The van der Waals surface area contributed by atoms with Gasteiger partial charge < -0.3 is 9.47 Å². The van der Waals surface area contributed by atoms with Crippen LogP contribution in [0.15, 0.2) is 24.3 Å². The monoisotopic (exact) mass is 204 g/mol. The summed E-state index contributed by atoms with van der Waals surface area (Å²) in [7, 11) is 1.71. The SMILES string of the molecule is COc1cc(C2=CCOCC2)ccc1C. The maximum atomic E-state index is 5.32. The summed E-state index contributed by atoms with van der Waals surface area (Å²) in [6, 6.07) is 6.35. The smallest absolute Gasteiger partial charge is 0.122 e. The first-order valence-electron chi connectivity index (χ1n) is 5.23. The standard InChI is InChI=1S/C13H16O2/c1-10-3-4-12(9-13(10)14-2)11-5-7-15-8-6-11/h3-5,9H,6-8H2,1-2H3. The number of hydrogen-bond donors (Lipinski definition) is 0. The van der Waals surface area contributed by atoms with Crippen molar-refractivity contribution in [2.75, 3.05) is 20.3 Å². The molecule has 0 radical (unpaired) electrons. The molecule has 1 heterocycles. The van der Waals surface area contributed by atoms with E-state index < -0.39 is 0 Å². The molecule has 0 unspecified atom stereocenters. The van der Waals surface area contributed by atoms with E-state index in [1.807, 2.05) is 0 Å². The Balaban J connectivity index is 2.32. The summed E-state index contributed by atoms with van der Waals surface area (Å²) in [5.74, 6) is 0.958. The van der Waals surface area contributed by atoms with Gasteiger partial charge in [0.1, 0.15) is 5.75 Å². The van der Waals surface area contributed by atoms with Crippen LogP contribution in [0.3, 0.4) is 0 Å². The number of rotatable bonds is 2. The third kappa shape index (κ3) is 2.21. The van der Waals surface area contributed by atoms with Crippen LogP contribution in [-0.2, 0) is 4.74 Å². The summed E-state index contributed by atoms with van der Waals surface area (Å²) in [6.07, 6.45) is 3.14. The van der Waals surface area contributed by atoms with Crippen molar-refractivity contribution in [1.29, 1.82) is 0 Å². The molecule has 15 heavy (non-hydrogen) atoms. The lowest BCUT2D eigenvalue weighted by molar-refractivity contribution is 0.161. The highest BCUT2D eigenvalue weighted by Gasteiger charge is 2.08. The highest BCUT2D eigenvalue weighted by atomic mass is 16.5. The number of hydrogen-bond acceptors (Lipinski definition) is 2. The van der Waals surface area contributed by atoms with Gasteiger partial charge in [0.2, 0.25) is 0 Å². The quantitative estimate of drug-likeness (QED) is 0.737. The zero-order chi connectivity index (χ0) is 10.7. The van der Waals surface area contributed by atoms with Gasteiger partial charge in [0.15, 0.2) is 0 Å². The Morgan fingerprint density at radius 2 is 2.20 bits per heavy atom. The van der Waals surface area contributed by atoms with E-state index in [0.29, 0.717) is 0 Å². The Bertz CT molecular complexity index is 380. The first-order valence-corrected chi connectivity index (χ1v) is 5.23.